The maximum absolute atomic E-state index is 13.2. The Labute approximate surface area is 176 Å². The van der Waals surface area contributed by atoms with Gasteiger partial charge >= 0.3 is 11.7 Å². The van der Waals surface area contributed by atoms with Gasteiger partial charge < -0.3 is 10.1 Å². The molecule has 1 N–H and O–H groups in total. The van der Waals surface area contributed by atoms with Crippen LogP contribution >= 0.6 is 0 Å². The normalized spacial score (nSPS) is 15.8. The number of allylic oxidation sites excluding steroid dienone is 1. The molecule has 1 aromatic heterocycles. The Bertz CT molecular complexity index is 1120. The third-order valence-corrected chi connectivity index (χ3v) is 5.48. The standard InChI is InChI=1S/C23H29N3O4/c1-7-15-8-10-16(11-9-15)18-17(22(28)30-12-13(2)3)14(4)24-20-19(18)21(27)26(6)23(29)25(20)5/h8-11,13,18,24H,7,12H2,1-6H3. The zero-order valence-corrected chi connectivity index (χ0v) is 18.4. The monoisotopic (exact) mass is 411 g/mol. The number of carbonyl (C=O) groups excluding carboxylic acids is 1. The predicted molar refractivity (Wildman–Crippen MR) is 117 cm³/mol. The molecular weight excluding hydrogens is 382 g/mol. The highest BCUT2D eigenvalue weighted by Crippen LogP contribution is 2.40. The second-order valence-electron chi connectivity index (χ2n) is 8.15. The van der Waals surface area contributed by atoms with Crippen molar-refractivity contribution < 1.29 is 9.53 Å². The van der Waals surface area contributed by atoms with E-state index in [2.05, 4.69) is 12.2 Å². The van der Waals surface area contributed by atoms with Crippen LogP contribution < -0.4 is 16.6 Å². The van der Waals surface area contributed by atoms with E-state index in [0.29, 0.717) is 22.7 Å². The molecule has 0 saturated heterocycles. The first kappa shape index (κ1) is 21.6. The van der Waals surface area contributed by atoms with Gasteiger partial charge in [-0.25, -0.2) is 9.59 Å². The molecule has 7 heteroatoms. The van der Waals surface area contributed by atoms with Gasteiger partial charge in [-0.1, -0.05) is 45.0 Å². The molecule has 0 saturated carbocycles. The number of nitrogens with zero attached hydrogens (tertiary/aromatic N) is 2. The molecule has 7 nitrogen and oxygen atoms in total. The molecule has 0 aliphatic carbocycles. The Morgan fingerprint density at radius 3 is 2.33 bits per heavy atom. The van der Waals surface area contributed by atoms with Gasteiger partial charge in [-0.05, 0) is 30.4 Å². The number of carbonyl (C=O) groups is 1. The Morgan fingerprint density at radius 1 is 1.13 bits per heavy atom. The van der Waals surface area contributed by atoms with E-state index in [1.165, 1.54) is 11.6 Å². The van der Waals surface area contributed by atoms with Crippen molar-refractivity contribution in [2.24, 2.45) is 20.0 Å². The summed E-state index contributed by atoms with van der Waals surface area (Å²) in [5.74, 6) is -0.489. The smallest absolute Gasteiger partial charge is 0.336 e. The quantitative estimate of drug-likeness (QED) is 0.765. The lowest BCUT2D eigenvalue weighted by atomic mass is 9.82. The Morgan fingerprint density at radius 2 is 1.77 bits per heavy atom. The molecule has 1 aromatic carbocycles. The maximum atomic E-state index is 13.2. The van der Waals surface area contributed by atoms with Crippen molar-refractivity contribution in [2.45, 2.75) is 40.0 Å². The van der Waals surface area contributed by atoms with Gasteiger partial charge in [0.05, 0.1) is 23.7 Å². The van der Waals surface area contributed by atoms with E-state index in [1.54, 1.807) is 14.0 Å². The molecule has 0 amide bonds. The summed E-state index contributed by atoms with van der Waals surface area (Å²) in [4.78, 5) is 38.7. The van der Waals surface area contributed by atoms with Crippen molar-refractivity contribution in [1.29, 1.82) is 0 Å². The fraction of sp³-hybridized carbons (Fsp3) is 0.435. The van der Waals surface area contributed by atoms with Crippen molar-refractivity contribution in [2.75, 3.05) is 11.9 Å². The third-order valence-electron chi connectivity index (χ3n) is 5.48. The Balaban J connectivity index is 2.26. The Hall–Kier alpha value is -3.09. The molecule has 2 heterocycles. The van der Waals surface area contributed by atoms with E-state index in [4.69, 9.17) is 4.74 Å². The number of hydrogen-bond donors (Lipinski definition) is 1. The van der Waals surface area contributed by atoms with Gasteiger partial charge in [-0.2, -0.15) is 0 Å². The van der Waals surface area contributed by atoms with Gasteiger partial charge in [0.2, 0.25) is 0 Å². The minimum Gasteiger partial charge on any atom is -0.462 e. The van der Waals surface area contributed by atoms with Crippen LogP contribution in [0.4, 0.5) is 5.82 Å². The van der Waals surface area contributed by atoms with E-state index >= 15 is 0 Å². The largest absolute Gasteiger partial charge is 0.462 e. The topological polar surface area (TPSA) is 82.3 Å². The third kappa shape index (κ3) is 3.72. The number of ether oxygens (including phenoxy) is 1. The highest BCUT2D eigenvalue weighted by Gasteiger charge is 2.37. The van der Waals surface area contributed by atoms with Crippen molar-refractivity contribution in [3.63, 3.8) is 0 Å². The van der Waals surface area contributed by atoms with Crippen molar-refractivity contribution in [3.8, 4) is 0 Å². The molecule has 0 fully saturated rings. The summed E-state index contributed by atoms with van der Waals surface area (Å²) in [6, 6.07) is 7.87. The summed E-state index contributed by atoms with van der Waals surface area (Å²) in [5.41, 5.74) is 2.45. The molecule has 3 rings (SSSR count). The second-order valence-corrected chi connectivity index (χ2v) is 8.15. The van der Waals surface area contributed by atoms with E-state index in [9.17, 15) is 14.4 Å². The molecule has 0 bridgehead atoms. The molecule has 2 aromatic rings. The van der Waals surface area contributed by atoms with Crippen LogP contribution in [0.25, 0.3) is 0 Å². The summed E-state index contributed by atoms with van der Waals surface area (Å²) in [5, 5.41) is 3.11. The van der Waals surface area contributed by atoms with E-state index < -0.39 is 23.1 Å². The number of aryl methyl sites for hydroxylation is 1. The highest BCUT2D eigenvalue weighted by molar-refractivity contribution is 5.94. The minimum absolute atomic E-state index is 0.190. The number of esters is 1. The summed E-state index contributed by atoms with van der Waals surface area (Å²) in [6.07, 6.45) is 0.886. The first-order chi connectivity index (χ1) is 14.2. The lowest BCUT2D eigenvalue weighted by molar-refractivity contribution is -0.140. The van der Waals surface area contributed by atoms with Crippen LogP contribution in [0.3, 0.4) is 0 Å². The molecule has 1 aliphatic rings. The zero-order chi connectivity index (χ0) is 22.2. The van der Waals surface area contributed by atoms with Crippen LogP contribution in [0.15, 0.2) is 45.1 Å². The maximum Gasteiger partial charge on any atom is 0.336 e. The minimum atomic E-state index is -0.627. The second kappa shape index (κ2) is 8.34. The first-order valence-electron chi connectivity index (χ1n) is 10.2. The fourth-order valence-electron chi connectivity index (χ4n) is 3.76. The molecule has 1 aliphatic heterocycles. The molecule has 0 radical (unpaired) electrons. The first-order valence-corrected chi connectivity index (χ1v) is 10.2. The molecule has 160 valence electrons. The van der Waals surface area contributed by atoms with Gasteiger partial charge in [0.25, 0.3) is 5.56 Å². The number of aromatic nitrogens is 2. The highest BCUT2D eigenvalue weighted by atomic mass is 16.5. The average Bonchev–Trinajstić information content (AvgIpc) is 2.73. The molecule has 1 atom stereocenters. The summed E-state index contributed by atoms with van der Waals surface area (Å²) in [6.45, 7) is 8.06. The van der Waals surface area contributed by atoms with Gasteiger partial charge in [0.15, 0.2) is 0 Å². The molecule has 1 unspecified atom stereocenters. The van der Waals surface area contributed by atoms with Crippen molar-refractivity contribution in [1.82, 2.24) is 9.13 Å². The molecule has 0 spiro atoms. The number of fused-ring (bicyclic) bond motifs is 1. The van der Waals surface area contributed by atoms with Crippen molar-refractivity contribution >= 4 is 11.8 Å². The van der Waals surface area contributed by atoms with Crippen molar-refractivity contribution in [3.05, 3.63) is 73.1 Å². The summed E-state index contributed by atoms with van der Waals surface area (Å²) in [7, 11) is 3.06. The average molecular weight is 412 g/mol. The van der Waals surface area contributed by atoms with Crippen LogP contribution in [-0.2, 0) is 30.0 Å². The van der Waals surface area contributed by atoms with Gasteiger partial charge in [-0.3, -0.25) is 13.9 Å². The van der Waals surface area contributed by atoms with Gasteiger partial charge in [-0.15, -0.1) is 0 Å². The SMILES string of the molecule is CCc1ccc(C2C(C(=O)OCC(C)C)=C(C)Nc3c2c(=O)n(C)c(=O)n3C)cc1. The predicted octanol–water partition coefficient (Wildman–Crippen LogP) is 2.68. The van der Waals surface area contributed by atoms with Crippen LogP contribution in [0, 0.1) is 5.92 Å². The molecular formula is C23H29N3O4. The van der Waals surface area contributed by atoms with E-state index in [-0.39, 0.29) is 12.5 Å². The molecule has 30 heavy (non-hydrogen) atoms. The fourth-order valence-corrected chi connectivity index (χ4v) is 3.76. The van der Waals surface area contributed by atoms with Crippen LogP contribution in [-0.4, -0.2) is 21.7 Å². The number of hydrogen-bond acceptors (Lipinski definition) is 5. The lowest BCUT2D eigenvalue weighted by Crippen LogP contribution is -2.43. The summed E-state index contributed by atoms with van der Waals surface area (Å²) >= 11 is 0. The van der Waals surface area contributed by atoms with Crippen LogP contribution in [0.5, 0.6) is 0 Å². The van der Waals surface area contributed by atoms with Gasteiger partial charge in [0.1, 0.15) is 5.82 Å². The lowest BCUT2D eigenvalue weighted by Gasteiger charge is -2.31. The number of rotatable bonds is 5. The van der Waals surface area contributed by atoms with Crippen LogP contribution in [0.2, 0.25) is 0 Å². The van der Waals surface area contributed by atoms with Gasteiger partial charge in [0, 0.05) is 19.8 Å². The van der Waals surface area contributed by atoms with E-state index in [0.717, 1.165) is 22.1 Å². The number of benzene rings is 1. The Kier molecular flexibility index (Phi) is 6.01. The number of anilines is 1. The number of nitrogens with one attached hydrogen (secondary N) is 1. The van der Waals surface area contributed by atoms with E-state index in [1.807, 2.05) is 38.1 Å². The zero-order valence-electron chi connectivity index (χ0n) is 18.4. The summed E-state index contributed by atoms with van der Waals surface area (Å²) < 4.78 is 8.02. The van der Waals surface area contributed by atoms with Crippen LogP contribution in [0.1, 0.15) is 50.3 Å².